The van der Waals surface area contributed by atoms with Crippen molar-refractivity contribution in [1.29, 1.82) is 0 Å². The van der Waals surface area contributed by atoms with E-state index in [0.717, 1.165) is 14.5 Å². The lowest BCUT2D eigenvalue weighted by molar-refractivity contribution is 0.0540. The van der Waals surface area contributed by atoms with Gasteiger partial charge in [-0.1, -0.05) is 15.9 Å². The lowest BCUT2D eigenvalue weighted by Gasteiger charge is -2.20. The Hall–Kier alpha value is -1.27. The normalized spacial score (nSPS) is 11.4. The van der Waals surface area contributed by atoms with Crippen LogP contribution in [0, 0.1) is 0 Å². The molecule has 0 saturated heterocycles. The Balaban J connectivity index is 2.54. The molecule has 0 bridgehead atoms. The van der Waals surface area contributed by atoms with E-state index in [2.05, 4.69) is 31.9 Å². The van der Waals surface area contributed by atoms with Crippen LogP contribution in [0.5, 0.6) is 5.75 Å². The van der Waals surface area contributed by atoms with E-state index in [9.17, 15) is 4.79 Å². The standard InChI is InChI=1S/C16H17Br2NO3/c1-16(2,3)22-15(20)19-9-11(18)8-13(19)12-7-10(17)5-6-14(12)21-4/h5-9H,1-4H3. The molecule has 22 heavy (non-hydrogen) atoms. The van der Waals surface area contributed by atoms with E-state index in [1.807, 2.05) is 45.0 Å². The first-order valence-corrected chi connectivity index (χ1v) is 8.25. The van der Waals surface area contributed by atoms with Crippen molar-refractivity contribution < 1.29 is 14.3 Å². The number of benzene rings is 1. The van der Waals surface area contributed by atoms with Crippen LogP contribution in [-0.4, -0.2) is 23.4 Å². The summed E-state index contributed by atoms with van der Waals surface area (Å²) >= 11 is 6.86. The molecule has 1 aromatic heterocycles. The molecule has 0 spiro atoms. The molecule has 4 nitrogen and oxygen atoms in total. The fraction of sp³-hybridized carbons (Fsp3) is 0.312. The zero-order chi connectivity index (χ0) is 16.5. The Morgan fingerprint density at radius 2 is 1.82 bits per heavy atom. The third-order valence-corrected chi connectivity index (χ3v) is 3.74. The van der Waals surface area contributed by atoms with Crippen LogP contribution < -0.4 is 4.74 Å². The molecule has 0 unspecified atom stereocenters. The highest BCUT2D eigenvalue weighted by Gasteiger charge is 2.22. The minimum atomic E-state index is -0.563. The second-order valence-electron chi connectivity index (χ2n) is 5.74. The number of methoxy groups -OCH3 is 1. The van der Waals surface area contributed by atoms with Crippen molar-refractivity contribution in [3.63, 3.8) is 0 Å². The molecule has 1 heterocycles. The van der Waals surface area contributed by atoms with E-state index < -0.39 is 11.7 Å². The molecule has 0 radical (unpaired) electrons. The number of ether oxygens (including phenoxy) is 2. The average molecular weight is 431 g/mol. The van der Waals surface area contributed by atoms with Gasteiger partial charge < -0.3 is 9.47 Å². The maximum Gasteiger partial charge on any atom is 0.419 e. The molecule has 0 aliphatic rings. The van der Waals surface area contributed by atoms with Crippen LogP contribution >= 0.6 is 31.9 Å². The van der Waals surface area contributed by atoms with E-state index in [-0.39, 0.29) is 0 Å². The molecule has 118 valence electrons. The van der Waals surface area contributed by atoms with Gasteiger partial charge in [-0.25, -0.2) is 4.79 Å². The second kappa shape index (κ2) is 6.46. The summed E-state index contributed by atoms with van der Waals surface area (Å²) in [6.07, 6.45) is 1.25. The molecule has 6 heteroatoms. The van der Waals surface area contributed by atoms with Gasteiger partial charge in [0.25, 0.3) is 0 Å². The molecule has 0 N–H and O–H groups in total. The zero-order valence-corrected chi connectivity index (χ0v) is 16.0. The fourth-order valence-electron chi connectivity index (χ4n) is 1.98. The maximum absolute atomic E-state index is 12.4. The van der Waals surface area contributed by atoms with Gasteiger partial charge >= 0.3 is 6.09 Å². The van der Waals surface area contributed by atoms with E-state index in [1.54, 1.807) is 13.3 Å². The lowest BCUT2D eigenvalue weighted by atomic mass is 10.1. The summed E-state index contributed by atoms with van der Waals surface area (Å²) in [5.74, 6) is 0.679. The number of aromatic nitrogens is 1. The van der Waals surface area contributed by atoms with Crippen molar-refractivity contribution in [1.82, 2.24) is 4.57 Å². The van der Waals surface area contributed by atoms with Crippen molar-refractivity contribution in [2.75, 3.05) is 7.11 Å². The van der Waals surface area contributed by atoms with Gasteiger partial charge in [0, 0.05) is 20.7 Å². The van der Waals surface area contributed by atoms with Crippen LogP contribution in [0.2, 0.25) is 0 Å². The van der Waals surface area contributed by atoms with Crippen LogP contribution in [0.1, 0.15) is 20.8 Å². The van der Waals surface area contributed by atoms with Crippen LogP contribution in [-0.2, 0) is 4.74 Å². The van der Waals surface area contributed by atoms with Gasteiger partial charge in [-0.2, -0.15) is 0 Å². The van der Waals surface area contributed by atoms with Crippen molar-refractivity contribution in [3.05, 3.63) is 39.4 Å². The van der Waals surface area contributed by atoms with E-state index in [0.29, 0.717) is 11.4 Å². The predicted molar refractivity (Wildman–Crippen MR) is 93.5 cm³/mol. The highest BCUT2D eigenvalue weighted by atomic mass is 79.9. The van der Waals surface area contributed by atoms with Crippen LogP contribution in [0.4, 0.5) is 4.79 Å². The number of carbonyl (C=O) groups is 1. The Bertz CT molecular complexity index is 702. The maximum atomic E-state index is 12.4. The molecule has 2 rings (SSSR count). The summed E-state index contributed by atoms with van der Waals surface area (Å²) in [6, 6.07) is 7.49. The molecule has 0 aliphatic heterocycles. The quantitative estimate of drug-likeness (QED) is 0.633. The topological polar surface area (TPSA) is 40.5 Å². The highest BCUT2D eigenvalue weighted by Crippen LogP contribution is 2.35. The van der Waals surface area contributed by atoms with Gasteiger partial charge in [0.2, 0.25) is 0 Å². The average Bonchev–Trinajstić information content (AvgIpc) is 2.79. The van der Waals surface area contributed by atoms with Gasteiger partial charge in [-0.15, -0.1) is 0 Å². The van der Waals surface area contributed by atoms with Gasteiger partial charge in [0.05, 0.1) is 12.8 Å². The lowest BCUT2D eigenvalue weighted by Crippen LogP contribution is -2.27. The third-order valence-electron chi connectivity index (χ3n) is 2.81. The number of halogens is 2. The Morgan fingerprint density at radius 1 is 1.14 bits per heavy atom. The number of carbonyl (C=O) groups excluding carboxylic acids is 1. The van der Waals surface area contributed by atoms with Crippen molar-refractivity contribution in [3.8, 4) is 17.0 Å². The van der Waals surface area contributed by atoms with Gasteiger partial charge in [-0.3, -0.25) is 4.57 Å². The molecular weight excluding hydrogens is 414 g/mol. The second-order valence-corrected chi connectivity index (χ2v) is 7.57. The zero-order valence-electron chi connectivity index (χ0n) is 12.8. The van der Waals surface area contributed by atoms with Gasteiger partial charge in [-0.05, 0) is 61.0 Å². The summed E-state index contributed by atoms with van der Waals surface area (Å²) in [6.45, 7) is 5.51. The molecule has 0 saturated carbocycles. The summed E-state index contributed by atoms with van der Waals surface area (Å²) in [7, 11) is 1.60. The monoisotopic (exact) mass is 429 g/mol. The molecule has 0 fully saturated rings. The minimum absolute atomic E-state index is 0.435. The first-order valence-electron chi connectivity index (χ1n) is 6.66. The molecule has 2 aromatic rings. The van der Waals surface area contributed by atoms with E-state index in [1.165, 1.54) is 4.57 Å². The molecule has 0 atom stereocenters. The molecule has 0 amide bonds. The third kappa shape index (κ3) is 3.93. The number of nitrogens with zero attached hydrogens (tertiary/aromatic N) is 1. The predicted octanol–water partition coefficient (Wildman–Crippen LogP) is 5.47. The summed E-state index contributed by atoms with van der Waals surface area (Å²) < 4.78 is 14.0. The minimum Gasteiger partial charge on any atom is -0.496 e. The first-order chi connectivity index (χ1) is 10.2. The fourth-order valence-corrected chi connectivity index (χ4v) is 2.76. The molecule has 1 aromatic carbocycles. The van der Waals surface area contributed by atoms with E-state index >= 15 is 0 Å². The number of hydrogen-bond acceptors (Lipinski definition) is 3. The Labute approximate surface area is 146 Å². The Morgan fingerprint density at radius 3 is 2.41 bits per heavy atom. The summed E-state index contributed by atoms with van der Waals surface area (Å²) in [4.78, 5) is 12.4. The molecule has 0 aliphatic carbocycles. The van der Waals surface area contributed by atoms with Gasteiger partial charge in [0.1, 0.15) is 11.4 Å². The number of hydrogen-bond donors (Lipinski definition) is 0. The van der Waals surface area contributed by atoms with Crippen molar-refractivity contribution >= 4 is 38.0 Å². The van der Waals surface area contributed by atoms with Crippen LogP contribution in [0.3, 0.4) is 0 Å². The summed E-state index contributed by atoms with van der Waals surface area (Å²) in [5.41, 5.74) is 0.930. The van der Waals surface area contributed by atoms with Crippen molar-refractivity contribution in [2.45, 2.75) is 26.4 Å². The summed E-state index contributed by atoms with van der Waals surface area (Å²) in [5, 5.41) is 0. The smallest absolute Gasteiger partial charge is 0.419 e. The Kier molecular flexibility index (Phi) is 5.02. The van der Waals surface area contributed by atoms with Crippen molar-refractivity contribution in [2.24, 2.45) is 0 Å². The van der Waals surface area contributed by atoms with Gasteiger partial charge in [0.15, 0.2) is 0 Å². The SMILES string of the molecule is COc1ccc(Br)cc1-c1cc(Br)cn1C(=O)OC(C)(C)C. The van der Waals surface area contributed by atoms with Crippen LogP contribution in [0.15, 0.2) is 39.4 Å². The molecular formula is C16H17Br2NO3. The number of rotatable bonds is 2. The van der Waals surface area contributed by atoms with E-state index in [4.69, 9.17) is 9.47 Å². The largest absolute Gasteiger partial charge is 0.496 e. The first kappa shape index (κ1) is 17.1. The highest BCUT2D eigenvalue weighted by molar-refractivity contribution is 9.10. The van der Waals surface area contributed by atoms with Crippen LogP contribution in [0.25, 0.3) is 11.3 Å².